The number of ether oxygens (including phenoxy) is 1. The molecule has 0 radical (unpaired) electrons. The molecule has 0 amide bonds. The molecule has 0 saturated heterocycles. The first-order chi connectivity index (χ1) is 10.9. The number of carbonyl (C=O) groups is 1. The highest BCUT2D eigenvalue weighted by Crippen LogP contribution is 2.17. The minimum absolute atomic E-state index is 0.0182. The molecule has 1 N–H and O–H groups in total. The molecular weight excluding hydrogens is 358 g/mol. The average Bonchev–Trinajstić information content (AvgIpc) is 2.51. The highest BCUT2D eigenvalue weighted by molar-refractivity contribution is 8.04. The van der Waals surface area contributed by atoms with Crippen molar-refractivity contribution >= 4 is 40.5 Å². The summed E-state index contributed by atoms with van der Waals surface area (Å²) in [6.45, 7) is 3.76. The van der Waals surface area contributed by atoms with Gasteiger partial charge in [0.25, 0.3) is 0 Å². The van der Waals surface area contributed by atoms with Crippen molar-refractivity contribution in [1.29, 1.82) is 0 Å². The van der Waals surface area contributed by atoms with Gasteiger partial charge in [0.05, 0.1) is 11.5 Å². The number of hydrogen-bond donors (Lipinski definition) is 2. The smallest absolute Gasteiger partial charge is 0.346 e. The summed E-state index contributed by atoms with van der Waals surface area (Å²) in [5, 5.41) is 0. The molecule has 0 spiro atoms. The molecule has 0 fully saturated rings. The molecule has 0 aromatic heterocycles. The molecule has 9 heteroatoms. The Labute approximate surface area is 146 Å². The van der Waals surface area contributed by atoms with Gasteiger partial charge < -0.3 is 4.74 Å². The van der Waals surface area contributed by atoms with Crippen LogP contribution in [0.1, 0.15) is 12.5 Å². The first kappa shape index (κ1) is 19.9. The largest absolute Gasteiger partial charge is 0.462 e. The van der Waals surface area contributed by atoms with Crippen LogP contribution in [0.3, 0.4) is 0 Å². The van der Waals surface area contributed by atoms with Crippen LogP contribution >= 0.6 is 24.4 Å². The normalized spacial score (nSPS) is 12.0. The molecule has 0 atom stereocenters. The Hall–Kier alpha value is -1.16. The maximum atomic E-state index is 12.0. The highest BCUT2D eigenvalue weighted by atomic mass is 32.2. The van der Waals surface area contributed by atoms with Gasteiger partial charge in [-0.1, -0.05) is 17.7 Å². The van der Waals surface area contributed by atoms with Crippen molar-refractivity contribution in [3.05, 3.63) is 40.9 Å². The minimum Gasteiger partial charge on any atom is -0.462 e. The van der Waals surface area contributed by atoms with Crippen LogP contribution in [0.5, 0.6) is 0 Å². The lowest BCUT2D eigenvalue weighted by molar-refractivity contribution is -0.137. The summed E-state index contributed by atoms with van der Waals surface area (Å²) in [7, 11) is -3.96. The Morgan fingerprint density at radius 1 is 1.35 bits per heavy atom. The molecule has 0 heterocycles. The van der Waals surface area contributed by atoms with Crippen molar-refractivity contribution in [2.24, 2.45) is 0 Å². The number of benzene rings is 1. The predicted octanol–water partition coefficient (Wildman–Crippen LogP) is 2.27. The van der Waals surface area contributed by atoms with E-state index in [0.717, 1.165) is 11.8 Å². The van der Waals surface area contributed by atoms with Crippen molar-refractivity contribution in [1.82, 2.24) is 5.48 Å². The number of esters is 1. The van der Waals surface area contributed by atoms with E-state index in [9.17, 15) is 13.2 Å². The summed E-state index contributed by atoms with van der Waals surface area (Å²) in [6, 6.07) is 6.22. The monoisotopic (exact) mass is 377 g/mol. The van der Waals surface area contributed by atoms with Crippen molar-refractivity contribution in [2.45, 2.75) is 18.7 Å². The van der Waals surface area contributed by atoms with Gasteiger partial charge in [0.1, 0.15) is 4.91 Å². The summed E-state index contributed by atoms with van der Waals surface area (Å²) < 4.78 is 33.6. The van der Waals surface area contributed by atoms with E-state index in [1.165, 1.54) is 23.9 Å². The maximum Gasteiger partial charge on any atom is 0.346 e. The zero-order valence-corrected chi connectivity index (χ0v) is 15.3. The molecule has 1 aromatic carbocycles. The summed E-state index contributed by atoms with van der Waals surface area (Å²) in [6.07, 6.45) is 1.16. The number of thiol groups is 1. The molecule has 1 rings (SSSR count). The van der Waals surface area contributed by atoms with Gasteiger partial charge in [0.2, 0.25) is 0 Å². The van der Waals surface area contributed by atoms with Crippen molar-refractivity contribution in [3.8, 4) is 0 Å². The Morgan fingerprint density at radius 3 is 2.57 bits per heavy atom. The lowest BCUT2D eigenvalue weighted by Gasteiger charge is -2.08. The molecule has 0 bridgehead atoms. The summed E-state index contributed by atoms with van der Waals surface area (Å²) in [5.41, 5.74) is 3.13. The van der Waals surface area contributed by atoms with Crippen LogP contribution in [0.4, 0.5) is 0 Å². The topological polar surface area (TPSA) is 81.7 Å². The summed E-state index contributed by atoms with van der Waals surface area (Å²) >= 11 is 5.25. The first-order valence-corrected chi connectivity index (χ1v) is 9.80. The van der Waals surface area contributed by atoms with E-state index in [2.05, 4.69) is 18.1 Å². The molecular formula is C14H19NO5S3. The molecule has 0 unspecified atom stereocenters. The SMILES string of the molecule is CCOC(=O)/C(=C\NOS(=O)(=O)c1ccc(C)cc1)SCCS. The van der Waals surface area contributed by atoms with Crippen LogP contribution < -0.4 is 5.48 Å². The molecule has 6 nitrogen and oxygen atoms in total. The Morgan fingerprint density at radius 2 is 2.00 bits per heavy atom. The molecule has 1 aromatic rings. The van der Waals surface area contributed by atoms with Crippen LogP contribution in [0.2, 0.25) is 0 Å². The number of hydrogen-bond acceptors (Lipinski definition) is 8. The van der Waals surface area contributed by atoms with Crippen LogP contribution in [-0.2, 0) is 23.9 Å². The number of nitrogens with one attached hydrogen (secondary N) is 1. The lowest BCUT2D eigenvalue weighted by Crippen LogP contribution is -2.17. The fraction of sp³-hybridized carbons (Fsp3) is 0.357. The number of hydroxylamine groups is 1. The van der Waals surface area contributed by atoms with E-state index < -0.39 is 16.1 Å². The van der Waals surface area contributed by atoms with E-state index in [4.69, 9.17) is 9.02 Å². The van der Waals surface area contributed by atoms with Crippen LogP contribution in [-0.4, -0.2) is 32.5 Å². The standard InChI is InChI=1S/C14H19NO5S3/c1-3-19-14(16)13(22-9-8-21)10-15-20-23(17,18)12-6-4-11(2)5-7-12/h4-7,10,15,21H,3,8-9H2,1-2H3/b13-10+. The number of carbonyl (C=O) groups excluding carboxylic acids is 1. The maximum absolute atomic E-state index is 12.0. The van der Waals surface area contributed by atoms with Gasteiger partial charge in [-0.2, -0.15) is 21.0 Å². The molecule has 0 saturated carbocycles. The molecule has 23 heavy (non-hydrogen) atoms. The van der Waals surface area contributed by atoms with E-state index >= 15 is 0 Å². The Balaban J connectivity index is 2.75. The molecule has 0 aliphatic heterocycles. The third kappa shape index (κ3) is 6.86. The number of aryl methyl sites for hydroxylation is 1. The molecule has 0 aliphatic carbocycles. The zero-order valence-electron chi connectivity index (χ0n) is 12.8. The fourth-order valence-corrected chi connectivity index (χ4v) is 3.05. The van der Waals surface area contributed by atoms with Gasteiger partial charge >= 0.3 is 16.1 Å². The van der Waals surface area contributed by atoms with Gasteiger partial charge in [0, 0.05) is 12.0 Å². The van der Waals surface area contributed by atoms with Crippen LogP contribution in [0, 0.1) is 6.92 Å². The van der Waals surface area contributed by atoms with E-state index in [1.54, 1.807) is 19.1 Å². The first-order valence-electron chi connectivity index (χ1n) is 6.77. The molecule has 0 aliphatic rings. The van der Waals surface area contributed by atoms with Crippen molar-refractivity contribution < 1.29 is 22.2 Å². The Bertz CT molecular complexity index is 641. The second-order valence-electron chi connectivity index (χ2n) is 4.27. The van der Waals surface area contributed by atoms with Gasteiger partial charge in [-0.3, -0.25) is 5.48 Å². The minimum atomic E-state index is -3.96. The van der Waals surface area contributed by atoms with E-state index in [1.807, 2.05) is 6.92 Å². The molecule has 128 valence electrons. The van der Waals surface area contributed by atoms with Gasteiger partial charge in [-0.05, 0) is 31.7 Å². The average molecular weight is 378 g/mol. The second-order valence-corrected chi connectivity index (χ2v) is 7.40. The van der Waals surface area contributed by atoms with Crippen molar-refractivity contribution in [2.75, 3.05) is 18.1 Å². The number of rotatable bonds is 9. The zero-order chi connectivity index (χ0) is 17.3. The van der Waals surface area contributed by atoms with Gasteiger partial charge in [0.15, 0.2) is 0 Å². The number of thioether (sulfide) groups is 1. The van der Waals surface area contributed by atoms with E-state index in [-0.39, 0.29) is 16.4 Å². The predicted molar refractivity (Wildman–Crippen MR) is 93.6 cm³/mol. The van der Waals surface area contributed by atoms with E-state index in [0.29, 0.717) is 11.5 Å². The summed E-state index contributed by atoms with van der Waals surface area (Å²) in [4.78, 5) is 12.0. The fourth-order valence-electron chi connectivity index (χ4n) is 1.41. The Kier molecular flexibility index (Phi) is 8.53. The third-order valence-corrected chi connectivity index (χ3v) is 5.18. The van der Waals surface area contributed by atoms with Crippen LogP contribution in [0.15, 0.2) is 40.3 Å². The van der Waals surface area contributed by atoms with Crippen LogP contribution in [0.25, 0.3) is 0 Å². The lowest BCUT2D eigenvalue weighted by atomic mass is 10.2. The third-order valence-electron chi connectivity index (χ3n) is 2.48. The van der Waals surface area contributed by atoms with Crippen molar-refractivity contribution in [3.63, 3.8) is 0 Å². The second kappa shape index (κ2) is 9.86. The highest BCUT2D eigenvalue weighted by Gasteiger charge is 2.16. The van der Waals surface area contributed by atoms with Gasteiger partial charge in [-0.25, -0.2) is 4.79 Å². The summed E-state index contributed by atoms with van der Waals surface area (Å²) in [5.74, 6) is 0.576. The van der Waals surface area contributed by atoms with Gasteiger partial charge in [-0.15, -0.1) is 16.0 Å². The quantitative estimate of drug-likeness (QED) is 0.296.